The normalized spacial score (nSPS) is 13.7. The third kappa shape index (κ3) is 3.54. The number of aromatic carboxylic acids is 1. The largest absolute Gasteiger partial charge is 0.478 e. The van der Waals surface area contributed by atoms with Gasteiger partial charge in [0.15, 0.2) is 0 Å². The summed E-state index contributed by atoms with van der Waals surface area (Å²) in [5.74, 6) is -1.30. The number of hydrogen-bond acceptors (Lipinski definition) is 3. The molecule has 1 aromatic rings. The summed E-state index contributed by atoms with van der Waals surface area (Å²) < 4.78 is 5.71. The molecule has 0 radical (unpaired) electrons. The molecule has 0 saturated heterocycles. The smallest absolute Gasteiger partial charge is 0.335 e. The molecule has 0 spiro atoms. The molecule has 0 aromatic heterocycles. The summed E-state index contributed by atoms with van der Waals surface area (Å²) in [6.07, 6.45) is 0.528. The van der Waals surface area contributed by atoms with Gasteiger partial charge < -0.3 is 15.2 Å². The first kappa shape index (κ1) is 15.7. The third-order valence-corrected chi connectivity index (χ3v) is 3.73. The van der Waals surface area contributed by atoms with Gasteiger partial charge in [0.25, 0.3) is 5.91 Å². The van der Waals surface area contributed by atoms with E-state index in [0.717, 1.165) is 0 Å². The maximum Gasteiger partial charge on any atom is 0.335 e. The van der Waals surface area contributed by atoms with Crippen molar-refractivity contribution in [1.29, 1.82) is 0 Å². The monoisotopic (exact) mass is 329 g/mol. The Bertz CT molecular complexity index is 497. The van der Waals surface area contributed by atoms with Gasteiger partial charge >= 0.3 is 5.97 Å². The fourth-order valence-corrected chi connectivity index (χ4v) is 1.88. The van der Waals surface area contributed by atoms with Crippen molar-refractivity contribution in [3.05, 3.63) is 28.2 Å². The molecule has 6 heteroatoms. The SMILES string of the molecule is CCC(C)(OC)C(=O)Nc1ccc(C(=O)O)cc1Br. The molecule has 0 aliphatic carbocycles. The maximum atomic E-state index is 12.1. The van der Waals surface area contributed by atoms with Crippen LogP contribution in [0.5, 0.6) is 0 Å². The van der Waals surface area contributed by atoms with Crippen LogP contribution in [-0.2, 0) is 9.53 Å². The average molecular weight is 330 g/mol. The van der Waals surface area contributed by atoms with Crippen LogP contribution in [0.15, 0.2) is 22.7 Å². The standard InChI is InChI=1S/C13H16BrNO4/c1-4-13(2,19-3)12(18)15-10-6-5-8(11(16)17)7-9(10)14/h5-7H,4H2,1-3H3,(H,15,18)(H,16,17). The third-order valence-electron chi connectivity index (χ3n) is 3.07. The van der Waals surface area contributed by atoms with Gasteiger partial charge in [-0.25, -0.2) is 4.79 Å². The van der Waals surface area contributed by atoms with Crippen LogP contribution in [-0.4, -0.2) is 29.7 Å². The lowest BCUT2D eigenvalue weighted by molar-refractivity contribution is -0.136. The number of methoxy groups -OCH3 is 1. The second-order valence-corrected chi connectivity index (χ2v) is 5.10. The highest BCUT2D eigenvalue weighted by Gasteiger charge is 2.31. The van der Waals surface area contributed by atoms with Crippen molar-refractivity contribution in [3.8, 4) is 0 Å². The molecule has 1 aromatic carbocycles. The van der Waals surface area contributed by atoms with E-state index in [2.05, 4.69) is 21.2 Å². The van der Waals surface area contributed by atoms with Crippen LogP contribution < -0.4 is 5.32 Å². The van der Waals surface area contributed by atoms with E-state index in [4.69, 9.17) is 9.84 Å². The number of hydrogen-bond donors (Lipinski definition) is 2. The quantitative estimate of drug-likeness (QED) is 0.870. The number of carbonyl (C=O) groups is 2. The molecule has 2 N–H and O–H groups in total. The van der Waals surface area contributed by atoms with E-state index in [9.17, 15) is 9.59 Å². The van der Waals surface area contributed by atoms with Crippen molar-refractivity contribution in [1.82, 2.24) is 0 Å². The van der Waals surface area contributed by atoms with Gasteiger partial charge in [0.05, 0.1) is 11.3 Å². The predicted molar refractivity (Wildman–Crippen MR) is 75.4 cm³/mol. The number of ether oxygens (including phenoxy) is 1. The average Bonchev–Trinajstić information content (AvgIpc) is 2.39. The summed E-state index contributed by atoms with van der Waals surface area (Å²) in [5, 5.41) is 11.6. The summed E-state index contributed by atoms with van der Waals surface area (Å²) in [5.41, 5.74) is -0.258. The molecule has 1 rings (SSSR count). The lowest BCUT2D eigenvalue weighted by Crippen LogP contribution is -2.41. The van der Waals surface area contributed by atoms with Crippen molar-refractivity contribution < 1.29 is 19.4 Å². The Morgan fingerprint density at radius 2 is 2.11 bits per heavy atom. The van der Waals surface area contributed by atoms with Crippen molar-refractivity contribution >= 4 is 33.5 Å². The fraction of sp³-hybridized carbons (Fsp3) is 0.385. The topological polar surface area (TPSA) is 75.6 Å². The van der Waals surface area contributed by atoms with E-state index in [1.165, 1.54) is 25.3 Å². The van der Waals surface area contributed by atoms with Crippen LogP contribution in [0.4, 0.5) is 5.69 Å². The van der Waals surface area contributed by atoms with Crippen LogP contribution in [0.2, 0.25) is 0 Å². The van der Waals surface area contributed by atoms with Crippen molar-refractivity contribution in [3.63, 3.8) is 0 Å². The minimum Gasteiger partial charge on any atom is -0.478 e. The highest BCUT2D eigenvalue weighted by atomic mass is 79.9. The Balaban J connectivity index is 2.95. The summed E-state index contributed by atoms with van der Waals surface area (Å²) in [6.45, 7) is 3.55. The first-order valence-corrected chi connectivity index (χ1v) is 6.52. The van der Waals surface area contributed by atoms with Gasteiger partial charge in [-0.2, -0.15) is 0 Å². The van der Waals surface area contributed by atoms with E-state index in [1.54, 1.807) is 6.92 Å². The number of nitrogens with one attached hydrogen (secondary N) is 1. The van der Waals surface area contributed by atoms with E-state index in [0.29, 0.717) is 16.6 Å². The lowest BCUT2D eigenvalue weighted by atomic mass is 10.0. The fourth-order valence-electron chi connectivity index (χ4n) is 1.40. The molecule has 1 unspecified atom stereocenters. The maximum absolute atomic E-state index is 12.1. The molecule has 5 nitrogen and oxygen atoms in total. The first-order valence-electron chi connectivity index (χ1n) is 5.73. The zero-order valence-electron chi connectivity index (χ0n) is 11.0. The predicted octanol–water partition coefficient (Wildman–Crippen LogP) is 2.90. The minimum absolute atomic E-state index is 0.148. The minimum atomic E-state index is -1.02. The Morgan fingerprint density at radius 3 is 2.53 bits per heavy atom. The molecule has 19 heavy (non-hydrogen) atoms. The van der Waals surface area contributed by atoms with Crippen LogP contribution in [0.1, 0.15) is 30.6 Å². The summed E-state index contributed by atoms with van der Waals surface area (Å²) >= 11 is 3.24. The molecule has 0 bridgehead atoms. The Morgan fingerprint density at radius 1 is 1.47 bits per heavy atom. The zero-order chi connectivity index (χ0) is 14.6. The van der Waals surface area contributed by atoms with Gasteiger partial charge in [-0.15, -0.1) is 0 Å². The molecular formula is C13H16BrNO4. The highest BCUT2D eigenvalue weighted by molar-refractivity contribution is 9.10. The Kier molecular flexibility index (Phi) is 5.08. The number of rotatable bonds is 5. The van der Waals surface area contributed by atoms with E-state index in [-0.39, 0.29) is 11.5 Å². The summed E-state index contributed by atoms with van der Waals surface area (Å²) in [4.78, 5) is 22.9. The van der Waals surface area contributed by atoms with Crippen LogP contribution >= 0.6 is 15.9 Å². The number of carboxylic acids is 1. The van der Waals surface area contributed by atoms with E-state index < -0.39 is 11.6 Å². The summed E-state index contributed by atoms with van der Waals surface area (Å²) in [7, 11) is 1.48. The van der Waals surface area contributed by atoms with Crippen LogP contribution in [0.25, 0.3) is 0 Å². The molecule has 0 aliphatic heterocycles. The molecule has 0 fully saturated rings. The molecule has 104 valence electrons. The van der Waals surface area contributed by atoms with Gasteiger partial charge in [-0.1, -0.05) is 6.92 Å². The number of amides is 1. The highest BCUT2D eigenvalue weighted by Crippen LogP contribution is 2.26. The zero-order valence-corrected chi connectivity index (χ0v) is 12.6. The number of halogens is 1. The van der Waals surface area contributed by atoms with Crippen LogP contribution in [0.3, 0.4) is 0 Å². The van der Waals surface area contributed by atoms with Gasteiger partial charge in [-0.3, -0.25) is 4.79 Å². The lowest BCUT2D eigenvalue weighted by Gasteiger charge is -2.25. The summed E-state index contributed by atoms with van der Waals surface area (Å²) in [6, 6.07) is 4.41. The number of anilines is 1. The van der Waals surface area contributed by atoms with Gasteiger partial charge in [-0.05, 0) is 47.5 Å². The Labute approximate surface area is 120 Å². The number of carbonyl (C=O) groups excluding carboxylic acids is 1. The van der Waals surface area contributed by atoms with Crippen LogP contribution in [0, 0.1) is 0 Å². The number of carboxylic acid groups (broad SMARTS) is 1. The second kappa shape index (κ2) is 6.16. The molecule has 1 atom stereocenters. The Hall–Kier alpha value is -1.40. The molecule has 0 aliphatic rings. The molecule has 0 saturated carbocycles. The molecule has 0 heterocycles. The van der Waals surface area contributed by atoms with Gasteiger partial charge in [0.2, 0.25) is 0 Å². The van der Waals surface area contributed by atoms with Crippen molar-refractivity contribution in [2.75, 3.05) is 12.4 Å². The molecule has 1 amide bonds. The van der Waals surface area contributed by atoms with Crippen molar-refractivity contribution in [2.45, 2.75) is 25.9 Å². The van der Waals surface area contributed by atoms with E-state index >= 15 is 0 Å². The number of benzene rings is 1. The van der Waals surface area contributed by atoms with Gasteiger partial charge in [0, 0.05) is 11.6 Å². The van der Waals surface area contributed by atoms with E-state index in [1.807, 2.05) is 6.92 Å². The van der Waals surface area contributed by atoms with Gasteiger partial charge in [0.1, 0.15) is 5.60 Å². The second-order valence-electron chi connectivity index (χ2n) is 4.24. The van der Waals surface area contributed by atoms with Crippen molar-refractivity contribution in [2.24, 2.45) is 0 Å². The first-order chi connectivity index (χ1) is 8.84. The molecular weight excluding hydrogens is 314 g/mol.